The first kappa shape index (κ1) is 21.6. The Bertz CT molecular complexity index is 881. The molecule has 6 heteroatoms. The van der Waals surface area contributed by atoms with Crippen LogP contribution < -0.4 is 15.0 Å². The normalized spacial score (nSPS) is 17.7. The van der Waals surface area contributed by atoms with Gasteiger partial charge in [-0.25, -0.2) is 4.39 Å². The zero-order chi connectivity index (χ0) is 21.6. The Morgan fingerprint density at radius 1 is 1.06 bits per heavy atom. The van der Waals surface area contributed by atoms with Gasteiger partial charge in [0, 0.05) is 25.8 Å². The van der Waals surface area contributed by atoms with Crippen LogP contribution in [0.5, 0.6) is 5.75 Å². The van der Waals surface area contributed by atoms with E-state index in [1.165, 1.54) is 66.8 Å². The Morgan fingerprint density at radius 3 is 2.61 bits per heavy atom. The van der Waals surface area contributed by atoms with E-state index < -0.39 is 0 Å². The molecule has 1 amide bonds. The van der Waals surface area contributed by atoms with Gasteiger partial charge < -0.3 is 15.0 Å². The Labute approximate surface area is 184 Å². The van der Waals surface area contributed by atoms with Crippen LogP contribution in [0.3, 0.4) is 0 Å². The van der Waals surface area contributed by atoms with E-state index in [0.717, 1.165) is 26.1 Å². The minimum absolute atomic E-state index is 0.0761. The lowest BCUT2D eigenvalue weighted by Gasteiger charge is -2.36. The minimum atomic E-state index is -0.322. The molecule has 1 N–H and O–H groups in total. The smallest absolute Gasteiger partial charge is 0.258 e. The molecule has 1 fully saturated rings. The van der Waals surface area contributed by atoms with E-state index in [1.807, 2.05) is 0 Å². The van der Waals surface area contributed by atoms with Gasteiger partial charge in [0.15, 0.2) is 6.61 Å². The number of likely N-dealkylation sites (tertiary alicyclic amines) is 1. The summed E-state index contributed by atoms with van der Waals surface area (Å²) in [6, 6.07) is 12.7. The van der Waals surface area contributed by atoms with Gasteiger partial charge in [0.2, 0.25) is 0 Å². The van der Waals surface area contributed by atoms with Gasteiger partial charge >= 0.3 is 0 Å². The highest BCUT2D eigenvalue weighted by Gasteiger charge is 2.24. The van der Waals surface area contributed by atoms with Gasteiger partial charge in [-0.15, -0.1) is 0 Å². The Hall–Kier alpha value is -2.60. The number of benzene rings is 2. The molecule has 0 aromatic heterocycles. The molecular formula is C25H32FN3O2. The third-order valence-electron chi connectivity index (χ3n) is 6.35. The molecule has 0 radical (unpaired) electrons. The molecular weight excluding hydrogens is 393 g/mol. The van der Waals surface area contributed by atoms with Crippen molar-refractivity contribution in [2.75, 3.05) is 44.7 Å². The molecule has 0 spiro atoms. The van der Waals surface area contributed by atoms with Gasteiger partial charge in [-0.1, -0.05) is 18.6 Å². The monoisotopic (exact) mass is 425 g/mol. The number of carbonyl (C=O) groups excluding carboxylic acids is 1. The van der Waals surface area contributed by atoms with E-state index >= 15 is 0 Å². The average molecular weight is 426 g/mol. The van der Waals surface area contributed by atoms with Crippen LogP contribution in [0.15, 0.2) is 42.5 Å². The predicted molar refractivity (Wildman–Crippen MR) is 121 cm³/mol. The fourth-order valence-corrected chi connectivity index (χ4v) is 4.64. The van der Waals surface area contributed by atoms with Gasteiger partial charge in [0.05, 0.1) is 6.04 Å². The van der Waals surface area contributed by atoms with E-state index in [-0.39, 0.29) is 24.4 Å². The van der Waals surface area contributed by atoms with Crippen LogP contribution in [0.4, 0.5) is 10.1 Å². The molecule has 31 heavy (non-hydrogen) atoms. The molecule has 5 nitrogen and oxygen atoms in total. The molecule has 0 saturated carbocycles. The largest absolute Gasteiger partial charge is 0.484 e. The lowest BCUT2D eigenvalue weighted by Crippen LogP contribution is -2.41. The van der Waals surface area contributed by atoms with Crippen LogP contribution >= 0.6 is 0 Å². The number of anilines is 1. The highest BCUT2D eigenvalue weighted by atomic mass is 19.1. The van der Waals surface area contributed by atoms with Gasteiger partial charge in [0.1, 0.15) is 11.6 Å². The zero-order valence-corrected chi connectivity index (χ0v) is 18.3. The second-order valence-electron chi connectivity index (χ2n) is 8.57. The number of halogens is 1. The maximum atomic E-state index is 13.0. The van der Waals surface area contributed by atoms with E-state index in [1.54, 1.807) is 0 Å². The quantitative estimate of drug-likeness (QED) is 0.730. The SMILES string of the molecule is CN1CCCc2cc(C(CNC(=O)COc3ccc(F)cc3)N3CCCCC3)ccc21. The Morgan fingerprint density at radius 2 is 1.84 bits per heavy atom. The number of ether oxygens (including phenoxy) is 1. The first-order chi connectivity index (χ1) is 15.1. The second-order valence-corrected chi connectivity index (χ2v) is 8.57. The van der Waals surface area contributed by atoms with E-state index in [0.29, 0.717) is 12.3 Å². The van der Waals surface area contributed by atoms with Gasteiger partial charge in [-0.3, -0.25) is 9.69 Å². The minimum Gasteiger partial charge on any atom is -0.484 e. The van der Waals surface area contributed by atoms with Crippen molar-refractivity contribution in [3.05, 3.63) is 59.4 Å². The zero-order valence-electron chi connectivity index (χ0n) is 18.3. The maximum Gasteiger partial charge on any atom is 0.258 e. The summed E-state index contributed by atoms with van der Waals surface area (Å²) in [4.78, 5) is 17.3. The number of aryl methyl sites for hydroxylation is 1. The summed E-state index contributed by atoms with van der Waals surface area (Å²) in [7, 11) is 2.15. The van der Waals surface area contributed by atoms with Crippen molar-refractivity contribution < 1.29 is 13.9 Å². The summed E-state index contributed by atoms with van der Waals surface area (Å²) >= 11 is 0. The summed E-state index contributed by atoms with van der Waals surface area (Å²) in [5.74, 6) is 0.00406. The Balaban J connectivity index is 1.42. The number of fused-ring (bicyclic) bond motifs is 1. The fourth-order valence-electron chi connectivity index (χ4n) is 4.64. The lowest BCUT2D eigenvalue weighted by atomic mass is 9.95. The number of rotatable bonds is 7. The molecule has 1 unspecified atom stereocenters. The summed E-state index contributed by atoms with van der Waals surface area (Å²) in [5, 5.41) is 3.06. The fraction of sp³-hybridized carbons (Fsp3) is 0.480. The van der Waals surface area contributed by atoms with Crippen molar-refractivity contribution in [1.29, 1.82) is 0 Å². The third-order valence-corrected chi connectivity index (χ3v) is 6.35. The van der Waals surface area contributed by atoms with E-state index in [9.17, 15) is 9.18 Å². The van der Waals surface area contributed by atoms with E-state index in [2.05, 4.69) is 40.4 Å². The topological polar surface area (TPSA) is 44.8 Å². The maximum absolute atomic E-state index is 13.0. The van der Waals surface area contributed by atoms with Gasteiger partial charge in [-0.2, -0.15) is 0 Å². The van der Waals surface area contributed by atoms with Crippen LogP contribution in [0.2, 0.25) is 0 Å². The van der Waals surface area contributed by atoms with Crippen molar-refractivity contribution in [3.8, 4) is 5.75 Å². The number of carbonyl (C=O) groups is 1. The summed E-state index contributed by atoms with van der Waals surface area (Å²) in [5.41, 5.74) is 4.00. The second kappa shape index (κ2) is 10.1. The molecule has 2 heterocycles. The standard InChI is InChI=1S/C25H32FN3O2/c1-28-13-5-6-19-16-20(7-12-23(19)28)24(29-14-3-2-4-15-29)17-27-25(30)18-31-22-10-8-21(26)9-11-22/h7-12,16,24H,2-6,13-15,17-18H2,1H3,(H,27,30). The summed E-state index contributed by atoms with van der Waals surface area (Å²) in [6.45, 7) is 3.70. The average Bonchev–Trinajstić information content (AvgIpc) is 2.80. The molecule has 2 aromatic rings. The van der Waals surface area contributed by atoms with Crippen molar-refractivity contribution in [3.63, 3.8) is 0 Å². The van der Waals surface area contributed by atoms with Crippen molar-refractivity contribution >= 4 is 11.6 Å². The first-order valence-corrected chi connectivity index (χ1v) is 11.3. The highest BCUT2D eigenvalue weighted by molar-refractivity contribution is 5.77. The van der Waals surface area contributed by atoms with Crippen molar-refractivity contribution in [2.45, 2.75) is 38.1 Å². The van der Waals surface area contributed by atoms with Crippen molar-refractivity contribution in [1.82, 2.24) is 10.2 Å². The lowest BCUT2D eigenvalue weighted by molar-refractivity contribution is -0.123. The number of hydrogen-bond donors (Lipinski definition) is 1. The molecule has 0 aliphatic carbocycles. The third kappa shape index (κ3) is 5.56. The molecule has 4 rings (SSSR count). The molecule has 2 aromatic carbocycles. The van der Waals surface area contributed by atoms with Crippen LogP contribution in [0.25, 0.3) is 0 Å². The molecule has 1 atom stereocenters. The molecule has 1 saturated heterocycles. The molecule has 2 aliphatic rings. The van der Waals surface area contributed by atoms with Crippen LogP contribution in [0, 0.1) is 5.82 Å². The highest BCUT2D eigenvalue weighted by Crippen LogP contribution is 2.31. The van der Waals surface area contributed by atoms with E-state index in [4.69, 9.17) is 4.74 Å². The number of nitrogens with one attached hydrogen (secondary N) is 1. The molecule has 2 aliphatic heterocycles. The van der Waals surface area contributed by atoms with Crippen LogP contribution in [-0.2, 0) is 11.2 Å². The predicted octanol–water partition coefficient (Wildman–Crippen LogP) is 3.93. The summed E-state index contributed by atoms with van der Waals surface area (Å²) in [6.07, 6.45) is 5.96. The summed E-state index contributed by atoms with van der Waals surface area (Å²) < 4.78 is 18.5. The Kier molecular flexibility index (Phi) is 7.07. The number of amides is 1. The van der Waals surface area contributed by atoms with Crippen LogP contribution in [-0.4, -0.2) is 50.6 Å². The van der Waals surface area contributed by atoms with Crippen molar-refractivity contribution in [2.24, 2.45) is 0 Å². The number of hydrogen-bond acceptors (Lipinski definition) is 4. The van der Waals surface area contributed by atoms with Gasteiger partial charge in [-0.05, 0) is 80.2 Å². The van der Waals surface area contributed by atoms with Gasteiger partial charge in [0.25, 0.3) is 5.91 Å². The molecule has 0 bridgehead atoms. The number of nitrogens with zero attached hydrogens (tertiary/aromatic N) is 2. The van der Waals surface area contributed by atoms with Crippen LogP contribution in [0.1, 0.15) is 42.9 Å². The first-order valence-electron chi connectivity index (χ1n) is 11.3. The molecule has 166 valence electrons. The number of piperidine rings is 1.